The van der Waals surface area contributed by atoms with Gasteiger partial charge in [0.05, 0.1) is 33.0 Å². The summed E-state index contributed by atoms with van der Waals surface area (Å²) in [6.45, 7) is 2.05. The lowest BCUT2D eigenvalue weighted by molar-refractivity contribution is -0.133. The Hall–Kier alpha value is -1.10. The van der Waals surface area contributed by atoms with E-state index in [2.05, 4.69) is 11.4 Å². The summed E-state index contributed by atoms with van der Waals surface area (Å²) in [6, 6.07) is 8.14. The Morgan fingerprint density at radius 1 is 1.41 bits per heavy atom. The van der Waals surface area contributed by atoms with E-state index in [9.17, 15) is 0 Å². The zero-order chi connectivity index (χ0) is 12.1. The lowest BCUT2D eigenvalue weighted by Gasteiger charge is -2.28. The predicted molar refractivity (Wildman–Crippen MR) is 65.4 cm³/mol. The second-order valence-corrected chi connectivity index (χ2v) is 4.08. The highest BCUT2D eigenvalue weighted by Crippen LogP contribution is 2.25. The van der Waals surface area contributed by atoms with E-state index in [-0.39, 0.29) is 12.1 Å². The third kappa shape index (κ3) is 2.97. The fraction of sp³-hybridized carbons (Fsp3) is 0.538. The molecular formula is C13H19NO3. The van der Waals surface area contributed by atoms with E-state index >= 15 is 0 Å². The summed E-state index contributed by atoms with van der Waals surface area (Å²) < 4.78 is 16.2. The predicted octanol–water partition coefficient (Wildman–Crippen LogP) is 1.37. The Morgan fingerprint density at radius 3 is 2.76 bits per heavy atom. The van der Waals surface area contributed by atoms with Crippen LogP contribution in [0, 0.1) is 0 Å². The van der Waals surface area contributed by atoms with Gasteiger partial charge in [-0.3, -0.25) is 0 Å². The van der Waals surface area contributed by atoms with Crippen molar-refractivity contribution in [2.45, 2.75) is 12.1 Å². The first kappa shape index (κ1) is 12.4. The van der Waals surface area contributed by atoms with Crippen molar-refractivity contribution < 1.29 is 14.2 Å². The Bertz CT molecular complexity index is 352. The topological polar surface area (TPSA) is 39.7 Å². The van der Waals surface area contributed by atoms with Crippen molar-refractivity contribution in [3.05, 3.63) is 29.8 Å². The van der Waals surface area contributed by atoms with Crippen LogP contribution in [0.15, 0.2) is 24.3 Å². The molecule has 17 heavy (non-hydrogen) atoms. The summed E-state index contributed by atoms with van der Waals surface area (Å²) in [4.78, 5) is 0. The maximum absolute atomic E-state index is 5.74. The van der Waals surface area contributed by atoms with Crippen LogP contribution in [0.3, 0.4) is 0 Å². The molecule has 4 nitrogen and oxygen atoms in total. The molecule has 1 saturated heterocycles. The molecule has 1 aliphatic heterocycles. The van der Waals surface area contributed by atoms with Gasteiger partial charge in [-0.1, -0.05) is 18.2 Å². The van der Waals surface area contributed by atoms with Crippen LogP contribution in [-0.4, -0.2) is 40.1 Å². The van der Waals surface area contributed by atoms with Gasteiger partial charge in [0.2, 0.25) is 0 Å². The van der Waals surface area contributed by atoms with E-state index in [1.807, 2.05) is 25.2 Å². The van der Waals surface area contributed by atoms with Gasteiger partial charge in [-0.05, 0) is 13.1 Å². The molecule has 0 spiro atoms. The summed E-state index contributed by atoms with van der Waals surface area (Å²) in [6.07, 6.45) is 0.251. The molecule has 1 N–H and O–H groups in total. The summed E-state index contributed by atoms with van der Waals surface area (Å²) >= 11 is 0. The molecule has 0 aromatic heterocycles. The molecule has 0 aliphatic carbocycles. The van der Waals surface area contributed by atoms with Gasteiger partial charge >= 0.3 is 0 Å². The van der Waals surface area contributed by atoms with E-state index in [0.717, 1.165) is 11.3 Å². The molecule has 1 fully saturated rings. The van der Waals surface area contributed by atoms with Crippen LogP contribution in [0.5, 0.6) is 5.75 Å². The van der Waals surface area contributed by atoms with Gasteiger partial charge in [-0.2, -0.15) is 0 Å². The molecule has 1 aliphatic rings. The zero-order valence-corrected chi connectivity index (χ0v) is 10.3. The quantitative estimate of drug-likeness (QED) is 0.811. The SMILES string of the molecule is CNC(COC1COC1)c1ccccc1OC. The van der Waals surface area contributed by atoms with Crippen LogP contribution in [0.4, 0.5) is 0 Å². The Balaban J connectivity index is 1.99. The minimum atomic E-state index is 0.145. The van der Waals surface area contributed by atoms with Gasteiger partial charge in [-0.15, -0.1) is 0 Å². The van der Waals surface area contributed by atoms with Crippen molar-refractivity contribution in [2.75, 3.05) is 34.0 Å². The average Bonchev–Trinajstić information content (AvgIpc) is 2.32. The van der Waals surface area contributed by atoms with E-state index in [1.165, 1.54) is 0 Å². The number of hydrogen-bond acceptors (Lipinski definition) is 4. The van der Waals surface area contributed by atoms with Crippen molar-refractivity contribution in [1.82, 2.24) is 5.32 Å². The molecular weight excluding hydrogens is 218 g/mol. The molecule has 2 rings (SSSR count). The molecule has 1 atom stereocenters. The number of para-hydroxylation sites is 1. The zero-order valence-electron chi connectivity index (χ0n) is 10.3. The van der Waals surface area contributed by atoms with Crippen molar-refractivity contribution >= 4 is 0 Å². The summed E-state index contributed by atoms with van der Waals surface area (Å²) in [7, 11) is 3.62. The molecule has 0 radical (unpaired) electrons. The van der Waals surface area contributed by atoms with Gasteiger partial charge in [0.15, 0.2) is 0 Å². The number of methoxy groups -OCH3 is 1. The molecule has 1 heterocycles. The second-order valence-electron chi connectivity index (χ2n) is 4.08. The van der Waals surface area contributed by atoms with Crippen LogP contribution in [0.25, 0.3) is 0 Å². The first-order valence-corrected chi connectivity index (χ1v) is 5.84. The number of rotatable bonds is 6. The Labute approximate surface area is 102 Å². The number of benzene rings is 1. The highest BCUT2D eigenvalue weighted by molar-refractivity contribution is 5.35. The number of likely N-dealkylation sites (N-methyl/N-ethyl adjacent to an activating group) is 1. The fourth-order valence-corrected chi connectivity index (χ4v) is 1.83. The molecule has 1 aromatic carbocycles. The molecule has 94 valence electrons. The lowest BCUT2D eigenvalue weighted by Crippen LogP contribution is -2.38. The van der Waals surface area contributed by atoms with Crippen LogP contribution in [0.2, 0.25) is 0 Å². The summed E-state index contributed by atoms with van der Waals surface area (Å²) in [5.74, 6) is 0.889. The standard InChI is InChI=1S/C13H19NO3/c1-14-12(9-17-10-7-16-8-10)11-5-3-4-6-13(11)15-2/h3-6,10,12,14H,7-9H2,1-2H3. The number of ether oxygens (including phenoxy) is 3. The minimum absolute atomic E-state index is 0.145. The fourth-order valence-electron chi connectivity index (χ4n) is 1.83. The van der Waals surface area contributed by atoms with E-state index in [0.29, 0.717) is 19.8 Å². The monoisotopic (exact) mass is 237 g/mol. The summed E-state index contributed by atoms with van der Waals surface area (Å²) in [5.41, 5.74) is 1.12. The van der Waals surface area contributed by atoms with Crippen molar-refractivity contribution in [3.63, 3.8) is 0 Å². The number of hydrogen-bond donors (Lipinski definition) is 1. The van der Waals surface area contributed by atoms with Gasteiger partial charge in [0.25, 0.3) is 0 Å². The van der Waals surface area contributed by atoms with Crippen LogP contribution in [0.1, 0.15) is 11.6 Å². The third-order valence-corrected chi connectivity index (χ3v) is 2.97. The molecule has 1 unspecified atom stereocenters. The average molecular weight is 237 g/mol. The molecule has 0 saturated carbocycles. The lowest BCUT2D eigenvalue weighted by atomic mass is 10.1. The second kappa shape index (κ2) is 6.00. The molecule has 0 amide bonds. The molecule has 4 heteroatoms. The van der Waals surface area contributed by atoms with Crippen LogP contribution >= 0.6 is 0 Å². The minimum Gasteiger partial charge on any atom is -0.496 e. The van der Waals surface area contributed by atoms with E-state index < -0.39 is 0 Å². The normalized spacial score (nSPS) is 17.5. The van der Waals surface area contributed by atoms with Gasteiger partial charge in [-0.25, -0.2) is 0 Å². The van der Waals surface area contributed by atoms with E-state index in [1.54, 1.807) is 7.11 Å². The molecule has 1 aromatic rings. The largest absolute Gasteiger partial charge is 0.496 e. The van der Waals surface area contributed by atoms with Crippen molar-refractivity contribution in [2.24, 2.45) is 0 Å². The highest BCUT2D eigenvalue weighted by Gasteiger charge is 2.21. The maximum Gasteiger partial charge on any atom is 0.123 e. The van der Waals surface area contributed by atoms with E-state index in [4.69, 9.17) is 14.2 Å². The Morgan fingerprint density at radius 2 is 2.18 bits per heavy atom. The van der Waals surface area contributed by atoms with Gasteiger partial charge in [0, 0.05) is 5.56 Å². The smallest absolute Gasteiger partial charge is 0.123 e. The van der Waals surface area contributed by atoms with Crippen LogP contribution in [-0.2, 0) is 9.47 Å². The summed E-state index contributed by atoms with van der Waals surface area (Å²) in [5, 5.41) is 3.25. The first-order chi connectivity index (χ1) is 8.35. The van der Waals surface area contributed by atoms with Crippen molar-refractivity contribution in [3.8, 4) is 5.75 Å². The van der Waals surface area contributed by atoms with Gasteiger partial charge in [0.1, 0.15) is 11.9 Å². The highest BCUT2D eigenvalue weighted by atomic mass is 16.6. The number of nitrogens with one attached hydrogen (secondary N) is 1. The van der Waals surface area contributed by atoms with Crippen LogP contribution < -0.4 is 10.1 Å². The molecule has 0 bridgehead atoms. The van der Waals surface area contributed by atoms with Crippen molar-refractivity contribution in [1.29, 1.82) is 0 Å². The third-order valence-electron chi connectivity index (χ3n) is 2.97. The first-order valence-electron chi connectivity index (χ1n) is 5.84. The van der Waals surface area contributed by atoms with Gasteiger partial charge < -0.3 is 19.5 Å². The Kier molecular flexibility index (Phi) is 4.36. The maximum atomic E-state index is 5.74.